The van der Waals surface area contributed by atoms with Crippen molar-refractivity contribution < 1.29 is 23.9 Å². The molecule has 7 heteroatoms. The number of hydrogen-bond acceptors (Lipinski definition) is 5. The van der Waals surface area contributed by atoms with Crippen LogP contribution < -0.4 is 19.7 Å². The number of para-hydroxylation sites is 1. The van der Waals surface area contributed by atoms with E-state index >= 15 is 0 Å². The van der Waals surface area contributed by atoms with E-state index in [1.165, 1.54) is 6.08 Å². The zero-order valence-corrected chi connectivity index (χ0v) is 22.7. The molecular weight excluding hydrogens is 504 g/mol. The number of urea groups is 1. The summed E-state index contributed by atoms with van der Waals surface area (Å²) in [6, 6.07) is 24.0. The van der Waals surface area contributed by atoms with Crippen molar-refractivity contribution in [3.05, 3.63) is 107 Å². The van der Waals surface area contributed by atoms with Gasteiger partial charge >= 0.3 is 6.03 Å². The number of nitrogens with one attached hydrogen (secondary N) is 1. The summed E-state index contributed by atoms with van der Waals surface area (Å²) in [5.74, 6) is -0.392. The third-order valence-corrected chi connectivity index (χ3v) is 6.94. The van der Waals surface area contributed by atoms with Gasteiger partial charge in [0.25, 0.3) is 11.8 Å². The molecule has 0 aliphatic carbocycles. The Morgan fingerprint density at radius 2 is 1.62 bits per heavy atom. The molecule has 202 valence electrons. The van der Waals surface area contributed by atoms with Crippen LogP contribution in [0.3, 0.4) is 0 Å². The van der Waals surface area contributed by atoms with Crippen LogP contribution in [0.1, 0.15) is 36.1 Å². The number of benzene rings is 4. The number of anilines is 1. The summed E-state index contributed by atoms with van der Waals surface area (Å²) in [6.07, 6.45) is 2.09. The van der Waals surface area contributed by atoms with Crippen LogP contribution in [0.15, 0.2) is 84.4 Å². The highest BCUT2D eigenvalue weighted by Crippen LogP contribution is 2.32. The Bertz CT molecular complexity index is 1660. The van der Waals surface area contributed by atoms with Crippen molar-refractivity contribution in [3.8, 4) is 11.5 Å². The molecule has 0 spiro atoms. The summed E-state index contributed by atoms with van der Waals surface area (Å²) in [5.41, 5.74) is 3.91. The molecule has 5 rings (SSSR count). The van der Waals surface area contributed by atoms with Gasteiger partial charge in [0, 0.05) is 5.56 Å². The Morgan fingerprint density at radius 3 is 2.42 bits per heavy atom. The fourth-order valence-electron chi connectivity index (χ4n) is 4.86. The Morgan fingerprint density at radius 1 is 0.850 bits per heavy atom. The van der Waals surface area contributed by atoms with Crippen LogP contribution in [0.2, 0.25) is 0 Å². The second kappa shape index (κ2) is 11.5. The maximum Gasteiger partial charge on any atom is 0.335 e. The lowest BCUT2D eigenvalue weighted by molar-refractivity contribution is -0.122. The number of carbonyl (C=O) groups excluding carboxylic acids is 3. The summed E-state index contributed by atoms with van der Waals surface area (Å²) < 4.78 is 12.1. The van der Waals surface area contributed by atoms with E-state index in [0.717, 1.165) is 32.4 Å². The number of nitrogens with zero attached hydrogens (tertiary/aromatic N) is 1. The Labute approximate surface area is 233 Å². The summed E-state index contributed by atoms with van der Waals surface area (Å²) in [4.78, 5) is 39.8. The summed E-state index contributed by atoms with van der Waals surface area (Å²) in [6.45, 7) is 6.62. The molecule has 0 atom stereocenters. The summed E-state index contributed by atoms with van der Waals surface area (Å²) >= 11 is 0. The maximum atomic E-state index is 13.4. The molecule has 7 nitrogen and oxygen atoms in total. The number of amides is 4. The highest BCUT2D eigenvalue weighted by Gasteiger charge is 2.37. The second-order valence-electron chi connectivity index (χ2n) is 9.45. The van der Waals surface area contributed by atoms with Crippen LogP contribution in [0.5, 0.6) is 11.5 Å². The number of carbonyl (C=O) groups is 3. The minimum absolute atomic E-state index is 0.145. The first-order valence-corrected chi connectivity index (χ1v) is 13.3. The largest absolute Gasteiger partial charge is 0.490 e. The van der Waals surface area contributed by atoms with Gasteiger partial charge < -0.3 is 9.47 Å². The lowest BCUT2D eigenvalue weighted by atomic mass is 10.0. The van der Waals surface area contributed by atoms with Gasteiger partial charge in [0.1, 0.15) is 12.2 Å². The molecule has 1 saturated heterocycles. The lowest BCUT2D eigenvalue weighted by Crippen LogP contribution is -2.54. The van der Waals surface area contributed by atoms with E-state index in [4.69, 9.17) is 9.47 Å². The van der Waals surface area contributed by atoms with Crippen molar-refractivity contribution in [1.29, 1.82) is 0 Å². The van der Waals surface area contributed by atoms with E-state index < -0.39 is 17.8 Å². The van der Waals surface area contributed by atoms with Gasteiger partial charge in [-0.25, -0.2) is 9.69 Å². The van der Waals surface area contributed by atoms with E-state index in [1.807, 2.05) is 38.1 Å². The molecule has 0 radical (unpaired) electrons. The average molecular weight is 535 g/mol. The van der Waals surface area contributed by atoms with Crippen LogP contribution >= 0.6 is 0 Å². The van der Waals surface area contributed by atoms with E-state index in [-0.39, 0.29) is 5.57 Å². The topological polar surface area (TPSA) is 84.9 Å². The molecule has 0 saturated carbocycles. The molecule has 1 fully saturated rings. The van der Waals surface area contributed by atoms with Crippen molar-refractivity contribution >= 4 is 40.4 Å². The minimum atomic E-state index is -0.768. The van der Waals surface area contributed by atoms with E-state index in [2.05, 4.69) is 36.5 Å². The Kier molecular flexibility index (Phi) is 7.64. The molecule has 1 N–H and O–H groups in total. The molecule has 1 heterocycles. The monoisotopic (exact) mass is 534 g/mol. The van der Waals surface area contributed by atoms with Gasteiger partial charge in [0.15, 0.2) is 11.5 Å². The summed E-state index contributed by atoms with van der Waals surface area (Å²) in [7, 11) is 0. The number of imide groups is 2. The summed E-state index contributed by atoms with van der Waals surface area (Å²) in [5, 5.41) is 4.57. The number of aryl methyl sites for hydroxylation is 2. The van der Waals surface area contributed by atoms with Crippen LogP contribution in [0, 0.1) is 6.92 Å². The van der Waals surface area contributed by atoms with Crippen molar-refractivity contribution in [3.63, 3.8) is 0 Å². The fourth-order valence-corrected chi connectivity index (χ4v) is 4.86. The lowest BCUT2D eigenvalue weighted by Gasteiger charge is -2.28. The molecule has 1 aliphatic heterocycles. The van der Waals surface area contributed by atoms with E-state index in [0.29, 0.717) is 42.4 Å². The van der Waals surface area contributed by atoms with Crippen LogP contribution in [-0.4, -0.2) is 24.5 Å². The average Bonchev–Trinajstić information content (AvgIpc) is 2.96. The molecule has 0 aromatic heterocycles. The second-order valence-corrected chi connectivity index (χ2v) is 9.45. The molecule has 4 aromatic carbocycles. The van der Waals surface area contributed by atoms with Crippen LogP contribution in [-0.2, 0) is 22.6 Å². The van der Waals surface area contributed by atoms with Gasteiger partial charge in [-0.2, -0.15) is 0 Å². The fraction of sp³-hybridized carbons (Fsp3) is 0.182. The number of ether oxygens (including phenoxy) is 2. The van der Waals surface area contributed by atoms with Crippen LogP contribution in [0.25, 0.3) is 16.8 Å². The first-order valence-electron chi connectivity index (χ1n) is 13.3. The molecular formula is C33H30N2O5. The SMILES string of the molecule is CCOc1cc(/C=C2/C(=O)NC(=O)N(c3ccccc3CC)C2=O)ccc1OCc1c(C)ccc2ccccc12. The van der Waals surface area contributed by atoms with Gasteiger partial charge in [-0.3, -0.25) is 14.9 Å². The number of rotatable bonds is 8. The van der Waals surface area contributed by atoms with Crippen molar-refractivity contribution in [2.75, 3.05) is 11.5 Å². The van der Waals surface area contributed by atoms with Gasteiger partial charge in [0.05, 0.1) is 12.3 Å². The van der Waals surface area contributed by atoms with Crippen molar-refractivity contribution in [2.45, 2.75) is 33.8 Å². The first-order chi connectivity index (χ1) is 19.4. The van der Waals surface area contributed by atoms with E-state index in [9.17, 15) is 14.4 Å². The predicted octanol–water partition coefficient (Wildman–Crippen LogP) is 6.35. The van der Waals surface area contributed by atoms with Crippen molar-refractivity contribution in [1.82, 2.24) is 5.32 Å². The smallest absolute Gasteiger partial charge is 0.335 e. The molecule has 40 heavy (non-hydrogen) atoms. The first kappa shape index (κ1) is 26.7. The Hall–Kier alpha value is -4.91. The molecule has 0 unspecified atom stereocenters. The van der Waals surface area contributed by atoms with E-state index in [1.54, 1.807) is 30.3 Å². The van der Waals surface area contributed by atoms with Gasteiger partial charge in [0.2, 0.25) is 0 Å². The molecule has 1 aliphatic rings. The zero-order chi connectivity index (χ0) is 28.2. The third-order valence-electron chi connectivity index (χ3n) is 6.94. The highest BCUT2D eigenvalue weighted by atomic mass is 16.5. The standard InChI is InChI=1S/C33H30N2O5/c1-4-23-10-7-9-13-28(23)35-32(37)26(31(36)34-33(35)38)18-22-15-17-29(30(19-22)39-5-2)40-20-27-21(3)14-16-24-11-6-8-12-25(24)27/h6-19H,4-5,20H2,1-3H3,(H,34,36,38)/b26-18-. The Balaban J connectivity index is 1.45. The number of hydrogen-bond donors (Lipinski definition) is 1. The van der Waals surface area contributed by atoms with Crippen molar-refractivity contribution in [2.24, 2.45) is 0 Å². The quantitative estimate of drug-likeness (QED) is 0.210. The minimum Gasteiger partial charge on any atom is -0.490 e. The normalized spacial score (nSPS) is 14.5. The number of fused-ring (bicyclic) bond motifs is 1. The third kappa shape index (κ3) is 5.18. The number of barbiturate groups is 1. The maximum absolute atomic E-state index is 13.4. The molecule has 4 aromatic rings. The van der Waals surface area contributed by atoms with Gasteiger partial charge in [-0.05, 0) is 72.0 Å². The van der Waals surface area contributed by atoms with Gasteiger partial charge in [-0.15, -0.1) is 0 Å². The zero-order valence-electron chi connectivity index (χ0n) is 22.7. The molecule has 0 bridgehead atoms. The van der Waals surface area contributed by atoms with Crippen LogP contribution in [0.4, 0.5) is 10.5 Å². The van der Waals surface area contributed by atoms with Gasteiger partial charge in [-0.1, -0.05) is 67.6 Å². The highest BCUT2D eigenvalue weighted by molar-refractivity contribution is 6.39. The molecule has 4 amide bonds. The predicted molar refractivity (Wildman–Crippen MR) is 155 cm³/mol.